The molecule has 1 aromatic rings. The van der Waals surface area contributed by atoms with E-state index in [-0.39, 0.29) is 23.7 Å². The Hall–Kier alpha value is -1.18. The average Bonchev–Trinajstić information content (AvgIpc) is 2.26. The van der Waals surface area contributed by atoms with Crippen molar-refractivity contribution in [2.75, 3.05) is 0 Å². The summed E-state index contributed by atoms with van der Waals surface area (Å²) in [5.74, 6) is -0.794. The summed E-state index contributed by atoms with van der Waals surface area (Å²) in [7, 11) is 0. The Bertz CT molecular complexity index is 475. The number of halogens is 4. The van der Waals surface area contributed by atoms with Crippen LogP contribution in [0.4, 0.5) is 13.2 Å². The van der Waals surface area contributed by atoms with Gasteiger partial charge < -0.3 is 20.7 Å². The molecule has 21 heavy (non-hydrogen) atoms. The molecule has 4 nitrogen and oxygen atoms in total. The molecule has 8 heteroatoms. The quantitative estimate of drug-likeness (QED) is 0.796. The first-order valence-electron chi connectivity index (χ1n) is 5.94. The number of rotatable bonds is 3. The molecule has 0 saturated carbocycles. The third kappa shape index (κ3) is 5.61. The minimum absolute atomic E-state index is 0. The van der Waals surface area contributed by atoms with Crippen molar-refractivity contribution in [2.45, 2.75) is 39.3 Å². The van der Waals surface area contributed by atoms with E-state index >= 15 is 0 Å². The maximum absolute atomic E-state index is 12.2. The Balaban J connectivity index is 0.00000400. The van der Waals surface area contributed by atoms with Gasteiger partial charge in [0.15, 0.2) is 0 Å². The summed E-state index contributed by atoms with van der Waals surface area (Å²) >= 11 is 0. The average molecular weight is 330 g/mol. The van der Waals surface area contributed by atoms with E-state index in [9.17, 15) is 23.4 Å². The molecule has 0 spiro atoms. The third-order valence-electron chi connectivity index (χ3n) is 2.82. The Morgan fingerprint density at radius 1 is 1.19 bits per heavy atom. The van der Waals surface area contributed by atoms with Crippen LogP contribution in [0.15, 0.2) is 18.2 Å². The van der Waals surface area contributed by atoms with Gasteiger partial charge in [-0.2, -0.15) is 0 Å². The highest BCUT2D eigenvalue weighted by molar-refractivity contribution is 5.85. The maximum Gasteiger partial charge on any atom is 0.573 e. The molecular weight excluding hydrogens is 311 g/mol. The van der Waals surface area contributed by atoms with Crippen LogP contribution in [0.3, 0.4) is 0 Å². The predicted molar refractivity (Wildman–Crippen MR) is 74.4 cm³/mol. The van der Waals surface area contributed by atoms with E-state index in [0.717, 1.165) is 18.2 Å². The largest absolute Gasteiger partial charge is 0.573 e. The monoisotopic (exact) mass is 329 g/mol. The van der Waals surface area contributed by atoms with Crippen LogP contribution in [0, 0.1) is 5.41 Å². The topological polar surface area (TPSA) is 75.7 Å². The van der Waals surface area contributed by atoms with Crippen molar-refractivity contribution < 1.29 is 28.1 Å². The molecule has 2 atom stereocenters. The predicted octanol–water partition coefficient (Wildman–Crippen LogP) is 3.12. The van der Waals surface area contributed by atoms with Gasteiger partial charge in [-0.15, -0.1) is 25.6 Å². The van der Waals surface area contributed by atoms with Crippen LogP contribution in [0.5, 0.6) is 11.5 Å². The Morgan fingerprint density at radius 2 is 1.71 bits per heavy atom. The van der Waals surface area contributed by atoms with Crippen LogP contribution in [0.1, 0.15) is 32.4 Å². The number of phenolic OH excluding ortho intramolecular Hbond substituents is 1. The number of aliphatic hydroxyl groups excluding tert-OH is 1. The van der Waals surface area contributed by atoms with E-state index in [4.69, 9.17) is 5.73 Å². The molecule has 4 N–H and O–H groups in total. The van der Waals surface area contributed by atoms with Gasteiger partial charge in [-0.05, 0) is 23.6 Å². The van der Waals surface area contributed by atoms with Crippen LogP contribution in [0.2, 0.25) is 0 Å². The van der Waals surface area contributed by atoms with Crippen LogP contribution < -0.4 is 10.5 Å². The zero-order valence-electron chi connectivity index (χ0n) is 11.8. The number of alkyl halides is 3. The van der Waals surface area contributed by atoms with Gasteiger partial charge in [-0.3, -0.25) is 0 Å². The first-order valence-corrected chi connectivity index (χ1v) is 5.94. The van der Waals surface area contributed by atoms with E-state index in [1.165, 1.54) is 0 Å². The van der Waals surface area contributed by atoms with E-state index in [2.05, 4.69) is 4.74 Å². The number of hydrogen-bond acceptors (Lipinski definition) is 4. The summed E-state index contributed by atoms with van der Waals surface area (Å²) in [5.41, 5.74) is 5.22. The normalized spacial score (nSPS) is 15.0. The molecular formula is C13H19ClF3NO3. The van der Waals surface area contributed by atoms with Crippen LogP contribution >= 0.6 is 12.4 Å². The fourth-order valence-electron chi connectivity index (χ4n) is 1.71. The minimum Gasteiger partial charge on any atom is -0.508 e. The molecule has 1 rings (SSSR count). The maximum atomic E-state index is 12.2. The molecule has 0 aliphatic carbocycles. The van der Waals surface area contributed by atoms with Crippen LogP contribution in [-0.4, -0.2) is 22.7 Å². The van der Waals surface area contributed by atoms with Crippen molar-refractivity contribution >= 4 is 12.4 Å². The first kappa shape index (κ1) is 19.8. The third-order valence-corrected chi connectivity index (χ3v) is 2.82. The van der Waals surface area contributed by atoms with Crippen molar-refractivity contribution in [3.8, 4) is 11.5 Å². The summed E-state index contributed by atoms with van der Waals surface area (Å²) < 4.78 is 40.2. The lowest BCUT2D eigenvalue weighted by Crippen LogP contribution is -2.37. The number of phenols is 1. The molecule has 0 aliphatic heterocycles. The highest BCUT2D eigenvalue weighted by Gasteiger charge is 2.33. The van der Waals surface area contributed by atoms with Crippen molar-refractivity contribution in [2.24, 2.45) is 11.1 Å². The fourth-order valence-corrected chi connectivity index (χ4v) is 1.71. The Kier molecular flexibility index (Phi) is 6.34. The lowest BCUT2D eigenvalue weighted by molar-refractivity contribution is -0.274. The molecule has 0 fully saturated rings. The number of nitrogens with two attached hydrogens (primary N) is 1. The Labute approximate surface area is 127 Å². The summed E-state index contributed by atoms with van der Waals surface area (Å²) in [6.45, 7) is 5.18. The van der Waals surface area contributed by atoms with Crippen molar-refractivity contribution in [3.05, 3.63) is 23.8 Å². The second kappa shape index (κ2) is 6.72. The van der Waals surface area contributed by atoms with Crippen molar-refractivity contribution in [1.29, 1.82) is 0 Å². The van der Waals surface area contributed by atoms with Crippen molar-refractivity contribution in [3.63, 3.8) is 0 Å². The van der Waals surface area contributed by atoms with Gasteiger partial charge in [0.1, 0.15) is 11.5 Å². The molecule has 122 valence electrons. The summed E-state index contributed by atoms with van der Waals surface area (Å²) in [4.78, 5) is 0. The highest BCUT2D eigenvalue weighted by atomic mass is 35.5. The van der Waals surface area contributed by atoms with E-state index in [1.807, 2.05) is 0 Å². The molecule has 0 heterocycles. The number of ether oxygens (including phenoxy) is 1. The summed E-state index contributed by atoms with van der Waals surface area (Å²) in [6.07, 6.45) is -5.88. The lowest BCUT2D eigenvalue weighted by Gasteiger charge is -2.31. The fraction of sp³-hybridized carbons (Fsp3) is 0.538. The number of hydrogen-bond donors (Lipinski definition) is 3. The molecule has 0 aliphatic rings. The van der Waals surface area contributed by atoms with E-state index in [0.29, 0.717) is 0 Å². The number of aliphatic hydroxyl groups is 1. The molecule has 0 aromatic heterocycles. The molecule has 0 bridgehead atoms. The van der Waals surface area contributed by atoms with Gasteiger partial charge in [0.25, 0.3) is 0 Å². The van der Waals surface area contributed by atoms with Gasteiger partial charge >= 0.3 is 6.36 Å². The molecule has 1 aromatic carbocycles. The van der Waals surface area contributed by atoms with Gasteiger partial charge in [-0.25, -0.2) is 0 Å². The summed E-state index contributed by atoms with van der Waals surface area (Å²) in [5, 5.41) is 19.7. The second-order valence-corrected chi connectivity index (χ2v) is 5.61. The number of aromatic hydroxyl groups is 1. The first-order chi connectivity index (χ1) is 8.92. The van der Waals surface area contributed by atoms with Gasteiger partial charge in [0, 0.05) is 5.56 Å². The van der Waals surface area contributed by atoms with Crippen LogP contribution in [-0.2, 0) is 0 Å². The molecule has 0 saturated heterocycles. The SMILES string of the molecule is CC(C)(C)[C@H](O)[C@H](N)c1cc(OC(F)(F)F)ccc1O.Cl. The zero-order chi connectivity index (χ0) is 15.7. The summed E-state index contributed by atoms with van der Waals surface area (Å²) in [6, 6.07) is 1.96. The van der Waals surface area contributed by atoms with Gasteiger partial charge in [-0.1, -0.05) is 20.8 Å². The molecule has 0 unspecified atom stereocenters. The van der Waals surface area contributed by atoms with E-state index < -0.39 is 29.7 Å². The van der Waals surface area contributed by atoms with Gasteiger partial charge in [0.05, 0.1) is 12.1 Å². The Morgan fingerprint density at radius 3 is 2.14 bits per heavy atom. The van der Waals surface area contributed by atoms with Crippen LogP contribution in [0.25, 0.3) is 0 Å². The van der Waals surface area contributed by atoms with Crippen molar-refractivity contribution in [1.82, 2.24) is 0 Å². The van der Waals surface area contributed by atoms with E-state index in [1.54, 1.807) is 20.8 Å². The zero-order valence-corrected chi connectivity index (χ0v) is 12.6. The van der Waals surface area contributed by atoms with Gasteiger partial charge in [0.2, 0.25) is 0 Å². The second-order valence-electron chi connectivity index (χ2n) is 5.61. The molecule has 0 radical (unpaired) electrons. The lowest BCUT2D eigenvalue weighted by atomic mass is 9.82. The number of benzene rings is 1. The highest BCUT2D eigenvalue weighted by Crippen LogP contribution is 2.35. The standard InChI is InChI=1S/C13H18F3NO3.ClH/c1-12(2,3)11(19)10(17)8-6-7(4-5-9(8)18)20-13(14,15)16;/h4-6,10-11,18-19H,17H2,1-3H3;1H/t10-,11-;/m1./s1. The minimum atomic E-state index is -4.83. The smallest absolute Gasteiger partial charge is 0.508 e. The molecule has 0 amide bonds.